The highest BCUT2D eigenvalue weighted by Crippen LogP contribution is 2.24. The van der Waals surface area contributed by atoms with Crippen LogP contribution in [0.2, 0.25) is 0 Å². The van der Waals surface area contributed by atoms with Crippen molar-refractivity contribution in [1.29, 1.82) is 0 Å². The molecule has 0 aromatic heterocycles. The van der Waals surface area contributed by atoms with E-state index >= 15 is 0 Å². The SMILES string of the molecule is O=C(COc1ccc(-c2ccccc2)cc1)N1CCCC1CS(=O)(=O)c1ccccc1. The number of ether oxygens (including phenoxy) is 1. The number of carbonyl (C=O) groups excluding carboxylic acids is 1. The van der Waals surface area contributed by atoms with Crippen LogP contribution in [0, 0.1) is 0 Å². The third-order valence-corrected chi connectivity index (χ3v) is 7.35. The van der Waals surface area contributed by atoms with Crippen molar-refractivity contribution >= 4 is 15.7 Å². The lowest BCUT2D eigenvalue weighted by Gasteiger charge is -2.24. The molecule has 0 spiro atoms. The van der Waals surface area contributed by atoms with Crippen LogP contribution >= 0.6 is 0 Å². The molecule has 3 aromatic carbocycles. The van der Waals surface area contributed by atoms with E-state index in [2.05, 4.69) is 0 Å². The van der Waals surface area contributed by atoms with Crippen molar-refractivity contribution in [2.24, 2.45) is 0 Å². The van der Waals surface area contributed by atoms with Crippen LogP contribution in [0.3, 0.4) is 0 Å². The van der Waals surface area contributed by atoms with Crippen molar-refractivity contribution < 1.29 is 17.9 Å². The first-order chi connectivity index (χ1) is 15.0. The Morgan fingerprint density at radius 2 is 1.48 bits per heavy atom. The highest BCUT2D eigenvalue weighted by molar-refractivity contribution is 7.91. The minimum atomic E-state index is -3.44. The summed E-state index contributed by atoms with van der Waals surface area (Å²) in [5.41, 5.74) is 2.19. The number of nitrogens with zero attached hydrogens (tertiary/aromatic N) is 1. The smallest absolute Gasteiger partial charge is 0.260 e. The number of carbonyl (C=O) groups is 1. The Labute approximate surface area is 183 Å². The van der Waals surface area contributed by atoms with Crippen molar-refractivity contribution in [3.63, 3.8) is 0 Å². The Hall–Kier alpha value is -3.12. The summed E-state index contributed by atoms with van der Waals surface area (Å²) in [4.78, 5) is 14.7. The second kappa shape index (κ2) is 9.35. The molecule has 1 aliphatic heterocycles. The van der Waals surface area contributed by atoms with Crippen LogP contribution in [0.4, 0.5) is 0 Å². The Morgan fingerprint density at radius 1 is 0.871 bits per heavy atom. The van der Waals surface area contributed by atoms with E-state index in [4.69, 9.17) is 4.74 Å². The molecule has 0 bridgehead atoms. The summed E-state index contributed by atoms with van der Waals surface area (Å²) in [6.45, 7) is 0.455. The molecule has 1 saturated heterocycles. The van der Waals surface area contributed by atoms with E-state index in [-0.39, 0.29) is 24.3 Å². The maximum absolute atomic E-state index is 12.7. The van der Waals surface area contributed by atoms with Gasteiger partial charge in [-0.1, -0.05) is 60.7 Å². The summed E-state index contributed by atoms with van der Waals surface area (Å²) in [7, 11) is -3.44. The molecule has 0 N–H and O–H groups in total. The van der Waals surface area contributed by atoms with Gasteiger partial charge in [0.1, 0.15) is 5.75 Å². The van der Waals surface area contributed by atoms with E-state index < -0.39 is 9.84 Å². The molecule has 3 aromatic rings. The Balaban J connectivity index is 1.36. The van der Waals surface area contributed by atoms with Crippen molar-refractivity contribution in [1.82, 2.24) is 4.90 Å². The monoisotopic (exact) mass is 435 g/mol. The first-order valence-electron chi connectivity index (χ1n) is 10.4. The molecule has 0 aliphatic carbocycles. The van der Waals surface area contributed by atoms with Crippen LogP contribution in [0.15, 0.2) is 89.8 Å². The highest BCUT2D eigenvalue weighted by atomic mass is 32.2. The summed E-state index contributed by atoms with van der Waals surface area (Å²) in [6, 6.07) is 25.7. The van der Waals surface area contributed by atoms with Gasteiger partial charge < -0.3 is 9.64 Å². The molecule has 5 nitrogen and oxygen atoms in total. The van der Waals surface area contributed by atoms with Gasteiger partial charge in [-0.15, -0.1) is 0 Å². The van der Waals surface area contributed by atoms with Crippen molar-refractivity contribution in [2.45, 2.75) is 23.8 Å². The Kier molecular flexibility index (Phi) is 6.37. The van der Waals surface area contributed by atoms with Gasteiger partial charge in [0.25, 0.3) is 5.91 Å². The predicted molar refractivity (Wildman–Crippen MR) is 121 cm³/mol. The lowest BCUT2D eigenvalue weighted by Crippen LogP contribution is -2.42. The zero-order chi connectivity index (χ0) is 21.7. The number of hydrogen-bond acceptors (Lipinski definition) is 4. The summed E-state index contributed by atoms with van der Waals surface area (Å²) in [6.07, 6.45) is 1.48. The molecule has 1 fully saturated rings. The molecular weight excluding hydrogens is 410 g/mol. The molecule has 1 amide bonds. The van der Waals surface area contributed by atoms with E-state index in [1.807, 2.05) is 54.6 Å². The van der Waals surface area contributed by atoms with E-state index in [0.29, 0.717) is 23.6 Å². The van der Waals surface area contributed by atoms with E-state index in [1.165, 1.54) is 0 Å². The zero-order valence-electron chi connectivity index (χ0n) is 17.2. The van der Waals surface area contributed by atoms with Gasteiger partial charge in [0.05, 0.1) is 10.6 Å². The second-order valence-corrected chi connectivity index (χ2v) is 9.69. The predicted octanol–water partition coefficient (Wildman–Crippen LogP) is 4.20. The van der Waals surface area contributed by atoms with Crippen LogP contribution in [-0.2, 0) is 14.6 Å². The minimum Gasteiger partial charge on any atom is -0.484 e. The second-order valence-electron chi connectivity index (χ2n) is 7.66. The van der Waals surface area contributed by atoms with E-state index in [1.54, 1.807) is 35.2 Å². The highest BCUT2D eigenvalue weighted by Gasteiger charge is 2.33. The molecule has 1 atom stereocenters. The number of sulfone groups is 1. The van der Waals surface area contributed by atoms with Gasteiger partial charge in [0.15, 0.2) is 16.4 Å². The van der Waals surface area contributed by atoms with Crippen LogP contribution < -0.4 is 4.74 Å². The van der Waals surface area contributed by atoms with Gasteiger partial charge >= 0.3 is 0 Å². The maximum Gasteiger partial charge on any atom is 0.260 e. The van der Waals surface area contributed by atoms with Crippen LogP contribution in [0.1, 0.15) is 12.8 Å². The first-order valence-corrected chi connectivity index (χ1v) is 12.0. The molecule has 6 heteroatoms. The van der Waals surface area contributed by atoms with Gasteiger partial charge in [0.2, 0.25) is 0 Å². The molecule has 4 rings (SSSR count). The fraction of sp³-hybridized carbons (Fsp3) is 0.240. The number of amides is 1. The Morgan fingerprint density at radius 3 is 2.16 bits per heavy atom. The fourth-order valence-corrected chi connectivity index (χ4v) is 5.53. The topological polar surface area (TPSA) is 63.7 Å². The molecule has 1 aliphatic rings. The molecule has 31 heavy (non-hydrogen) atoms. The summed E-state index contributed by atoms with van der Waals surface area (Å²) >= 11 is 0. The molecule has 1 unspecified atom stereocenters. The van der Waals surface area contributed by atoms with Gasteiger partial charge in [-0.05, 0) is 48.2 Å². The van der Waals surface area contributed by atoms with E-state index in [0.717, 1.165) is 17.5 Å². The molecular formula is C25H25NO4S. The Bertz CT molecular complexity index is 1110. The minimum absolute atomic E-state index is 0.0610. The maximum atomic E-state index is 12.7. The summed E-state index contributed by atoms with van der Waals surface area (Å²) < 4.78 is 31.1. The van der Waals surface area contributed by atoms with Crippen LogP contribution in [0.25, 0.3) is 11.1 Å². The van der Waals surface area contributed by atoms with E-state index in [9.17, 15) is 13.2 Å². The van der Waals surface area contributed by atoms with Crippen LogP contribution in [0.5, 0.6) is 5.75 Å². The molecule has 160 valence electrons. The molecule has 0 saturated carbocycles. The average Bonchev–Trinajstić information content (AvgIpc) is 3.26. The zero-order valence-corrected chi connectivity index (χ0v) is 18.0. The quantitative estimate of drug-likeness (QED) is 0.558. The number of benzene rings is 3. The first kappa shape index (κ1) is 21.1. The normalized spacial score (nSPS) is 16.3. The third-order valence-electron chi connectivity index (χ3n) is 5.54. The largest absolute Gasteiger partial charge is 0.484 e. The lowest BCUT2D eigenvalue weighted by molar-refractivity contribution is -0.133. The van der Waals surface area contributed by atoms with Crippen molar-refractivity contribution in [3.8, 4) is 16.9 Å². The average molecular weight is 436 g/mol. The molecule has 0 radical (unpaired) electrons. The van der Waals surface area contributed by atoms with Gasteiger partial charge in [-0.3, -0.25) is 4.79 Å². The van der Waals surface area contributed by atoms with Gasteiger partial charge in [-0.25, -0.2) is 8.42 Å². The lowest BCUT2D eigenvalue weighted by atomic mass is 10.1. The number of hydrogen-bond donors (Lipinski definition) is 0. The van der Waals surface area contributed by atoms with Gasteiger partial charge in [-0.2, -0.15) is 0 Å². The summed E-state index contributed by atoms with van der Waals surface area (Å²) in [5, 5.41) is 0. The van der Waals surface area contributed by atoms with Gasteiger partial charge in [0, 0.05) is 12.6 Å². The number of rotatable bonds is 7. The van der Waals surface area contributed by atoms with Crippen molar-refractivity contribution in [3.05, 3.63) is 84.9 Å². The van der Waals surface area contributed by atoms with Crippen LogP contribution in [-0.4, -0.2) is 44.2 Å². The fourth-order valence-electron chi connectivity index (χ4n) is 3.92. The summed E-state index contributed by atoms with van der Waals surface area (Å²) in [5.74, 6) is 0.368. The number of likely N-dealkylation sites (tertiary alicyclic amines) is 1. The third kappa shape index (κ3) is 5.14. The standard InChI is InChI=1S/C25H25NO4S/c27-25(18-30-23-15-13-21(14-16-23)20-8-3-1-4-9-20)26-17-7-10-22(26)19-31(28,29)24-11-5-2-6-12-24/h1-6,8-9,11-16,22H,7,10,17-19H2. The molecule has 1 heterocycles. The van der Waals surface area contributed by atoms with Crippen molar-refractivity contribution in [2.75, 3.05) is 18.9 Å².